The minimum absolute atomic E-state index is 0.0702. The number of nitrogens with zero attached hydrogens (tertiary/aromatic N) is 1. The van der Waals surface area contributed by atoms with E-state index < -0.39 is 0 Å². The van der Waals surface area contributed by atoms with Gasteiger partial charge in [-0.1, -0.05) is 20.8 Å². The van der Waals surface area contributed by atoms with E-state index in [0.717, 1.165) is 25.8 Å². The number of likely N-dealkylation sites (tertiary alicyclic amines) is 1. The van der Waals surface area contributed by atoms with Gasteiger partial charge in [0.15, 0.2) is 0 Å². The van der Waals surface area contributed by atoms with Gasteiger partial charge in [-0.05, 0) is 31.6 Å². The first-order chi connectivity index (χ1) is 8.71. The summed E-state index contributed by atoms with van der Waals surface area (Å²) in [5.74, 6) is 0.125. The van der Waals surface area contributed by atoms with Crippen LogP contribution >= 0.6 is 0 Å². The molecule has 1 aliphatic rings. The van der Waals surface area contributed by atoms with Gasteiger partial charge in [0.2, 0.25) is 5.91 Å². The quantitative estimate of drug-likeness (QED) is 0.850. The van der Waals surface area contributed by atoms with Gasteiger partial charge in [-0.2, -0.15) is 0 Å². The number of methoxy groups -OCH3 is 1. The Bertz CT molecular complexity index is 312. The Morgan fingerprint density at radius 3 is 2.58 bits per heavy atom. The molecule has 1 rings (SSSR count). The zero-order chi connectivity index (χ0) is 14.7. The number of ether oxygens (including phenoxy) is 1. The Labute approximate surface area is 117 Å². The third kappa shape index (κ3) is 4.77. The monoisotopic (exact) mass is 270 g/mol. The summed E-state index contributed by atoms with van der Waals surface area (Å²) in [5.41, 5.74) is 5.73. The number of amides is 1. The van der Waals surface area contributed by atoms with E-state index in [2.05, 4.69) is 27.7 Å². The molecule has 0 saturated carbocycles. The van der Waals surface area contributed by atoms with Gasteiger partial charge in [0, 0.05) is 26.7 Å². The highest BCUT2D eigenvalue weighted by Gasteiger charge is 2.35. The highest BCUT2D eigenvalue weighted by Crippen LogP contribution is 2.28. The van der Waals surface area contributed by atoms with Gasteiger partial charge >= 0.3 is 0 Å². The topological polar surface area (TPSA) is 55.6 Å². The number of hydrogen-bond donors (Lipinski definition) is 1. The van der Waals surface area contributed by atoms with Crippen molar-refractivity contribution in [3.63, 3.8) is 0 Å². The first-order valence-corrected chi connectivity index (χ1v) is 7.25. The lowest BCUT2D eigenvalue weighted by atomic mass is 9.83. The molecule has 112 valence electrons. The van der Waals surface area contributed by atoms with Crippen LogP contribution in [-0.4, -0.2) is 43.2 Å². The largest absolute Gasteiger partial charge is 0.377 e. The maximum Gasteiger partial charge on any atom is 0.227 e. The summed E-state index contributed by atoms with van der Waals surface area (Å²) in [5, 5.41) is 0. The molecule has 1 heterocycles. The van der Waals surface area contributed by atoms with Crippen LogP contribution in [0.5, 0.6) is 0 Å². The van der Waals surface area contributed by atoms with Crippen molar-refractivity contribution in [3.8, 4) is 0 Å². The van der Waals surface area contributed by atoms with E-state index in [1.54, 1.807) is 7.11 Å². The van der Waals surface area contributed by atoms with Crippen LogP contribution in [0, 0.1) is 11.3 Å². The fourth-order valence-corrected chi connectivity index (χ4v) is 2.83. The molecule has 4 heteroatoms. The molecule has 0 bridgehead atoms. The van der Waals surface area contributed by atoms with Gasteiger partial charge in [0.25, 0.3) is 0 Å². The van der Waals surface area contributed by atoms with Crippen molar-refractivity contribution < 1.29 is 9.53 Å². The van der Waals surface area contributed by atoms with Gasteiger partial charge in [0.1, 0.15) is 0 Å². The standard InChI is InChI=1S/C15H30N2O2/c1-14(2,3)9-12(10-16)13(18)17-8-6-7-15(4,11-17)19-5/h12H,6-11,16H2,1-5H3. The fourth-order valence-electron chi connectivity index (χ4n) is 2.83. The maximum absolute atomic E-state index is 12.6. The summed E-state index contributed by atoms with van der Waals surface area (Å²) >= 11 is 0. The Morgan fingerprint density at radius 2 is 2.11 bits per heavy atom. The second-order valence-corrected chi connectivity index (χ2v) is 7.21. The molecule has 1 fully saturated rings. The lowest BCUT2D eigenvalue weighted by molar-refractivity contribution is -0.144. The molecule has 1 aliphatic heterocycles. The average molecular weight is 270 g/mol. The summed E-state index contributed by atoms with van der Waals surface area (Å²) in [6.45, 7) is 10.5. The Morgan fingerprint density at radius 1 is 1.47 bits per heavy atom. The Hall–Kier alpha value is -0.610. The molecular weight excluding hydrogens is 240 g/mol. The number of rotatable bonds is 4. The predicted molar refractivity (Wildman–Crippen MR) is 77.8 cm³/mol. The lowest BCUT2D eigenvalue weighted by Gasteiger charge is -2.41. The molecule has 0 aromatic rings. The zero-order valence-corrected chi connectivity index (χ0v) is 13.2. The molecule has 1 saturated heterocycles. The van der Waals surface area contributed by atoms with Crippen molar-refractivity contribution in [2.24, 2.45) is 17.1 Å². The van der Waals surface area contributed by atoms with Crippen LogP contribution in [0.3, 0.4) is 0 Å². The third-order valence-corrected chi connectivity index (χ3v) is 3.96. The van der Waals surface area contributed by atoms with Crippen molar-refractivity contribution in [2.45, 2.75) is 52.6 Å². The minimum atomic E-state index is -0.200. The number of hydrogen-bond acceptors (Lipinski definition) is 3. The molecule has 0 aliphatic carbocycles. The highest BCUT2D eigenvalue weighted by molar-refractivity contribution is 5.79. The van der Waals surface area contributed by atoms with Gasteiger partial charge in [-0.25, -0.2) is 0 Å². The Kier molecular flexibility index (Phi) is 5.39. The van der Waals surface area contributed by atoms with Gasteiger partial charge < -0.3 is 15.4 Å². The number of carbonyl (C=O) groups is 1. The maximum atomic E-state index is 12.6. The third-order valence-electron chi connectivity index (χ3n) is 3.96. The summed E-state index contributed by atoms with van der Waals surface area (Å²) in [4.78, 5) is 14.5. The second kappa shape index (κ2) is 6.23. The molecular formula is C15H30N2O2. The lowest BCUT2D eigenvalue weighted by Crippen LogP contribution is -2.52. The van der Waals surface area contributed by atoms with Crippen LogP contribution in [0.1, 0.15) is 47.0 Å². The second-order valence-electron chi connectivity index (χ2n) is 7.21. The van der Waals surface area contributed by atoms with Crippen LogP contribution in [0.15, 0.2) is 0 Å². The summed E-state index contributed by atoms with van der Waals surface area (Å²) in [6.07, 6.45) is 2.85. The summed E-state index contributed by atoms with van der Waals surface area (Å²) in [7, 11) is 1.73. The van der Waals surface area contributed by atoms with Crippen molar-refractivity contribution in [2.75, 3.05) is 26.7 Å². The van der Waals surface area contributed by atoms with E-state index >= 15 is 0 Å². The SMILES string of the molecule is COC1(C)CCCN(C(=O)C(CN)CC(C)(C)C)C1. The first-order valence-electron chi connectivity index (χ1n) is 7.25. The van der Waals surface area contributed by atoms with Crippen molar-refractivity contribution in [1.29, 1.82) is 0 Å². The minimum Gasteiger partial charge on any atom is -0.377 e. The predicted octanol–water partition coefficient (Wildman–Crippen LogP) is 2.02. The molecule has 2 N–H and O–H groups in total. The zero-order valence-electron chi connectivity index (χ0n) is 13.2. The number of carbonyl (C=O) groups excluding carboxylic acids is 1. The van der Waals surface area contributed by atoms with Crippen LogP contribution < -0.4 is 5.73 Å². The van der Waals surface area contributed by atoms with Gasteiger partial charge in [0.05, 0.1) is 11.5 Å². The molecule has 4 nitrogen and oxygen atoms in total. The van der Waals surface area contributed by atoms with E-state index in [1.807, 2.05) is 4.90 Å². The van der Waals surface area contributed by atoms with E-state index in [4.69, 9.17) is 10.5 Å². The molecule has 0 radical (unpaired) electrons. The Balaban J connectivity index is 2.69. The molecule has 0 spiro atoms. The number of nitrogens with two attached hydrogens (primary N) is 1. The molecule has 0 aromatic heterocycles. The molecule has 2 unspecified atom stereocenters. The molecule has 2 atom stereocenters. The average Bonchev–Trinajstić information content (AvgIpc) is 2.34. The molecule has 1 amide bonds. The fraction of sp³-hybridized carbons (Fsp3) is 0.933. The van der Waals surface area contributed by atoms with E-state index in [1.165, 1.54) is 0 Å². The summed E-state index contributed by atoms with van der Waals surface area (Å²) in [6, 6.07) is 0. The smallest absolute Gasteiger partial charge is 0.227 e. The van der Waals surface area contributed by atoms with E-state index in [9.17, 15) is 4.79 Å². The van der Waals surface area contributed by atoms with E-state index in [-0.39, 0.29) is 22.8 Å². The van der Waals surface area contributed by atoms with Crippen molar-refractivity contribution in [3.05, 3.63) is 0 Å². The van der Waals surface area contributed by atoms with Crippen LogP contribution in [-0.2, 0) is 9.53 Å². The summed E-state index contributed by atoms with van der Waals surface area (Å²) < 4.78 is 5.55. The van der Waals surface area contributed by atoms with Gasteiger partial charge in [-0.3, -0.25) is 4.79 Å². The number of piperidine rings is 1. The van der Waals surface area contributed by atoms with Crippen LogP contribution in [0.2, 0.25) is 0 Å². The van der Waals surface area contributed by atoms with Crippen molar-refractivity contribution >= 4 is 5.91 Å². The molecule has 19 heavy (non-hydrogen) atoms. The first kappa shape index (κ1) is 16.4. The van der Waals surface area contributed by atoms with E-state index in [0.29, 0.717) is 13.1 Å². The highest BCUT2D eigenvalue weighted by atomic mass is 16.5. The van der Waals surface area contributed by atoms with Crippen molar-refractivity contribution in [1.82, 2.24) is 4.90 Å². The normalized spacial score (nSPS) is 26.3. The van der Waals surface area contributed by atoms with Gasteiger partial charge in [-0.15, -0.1) is 0 Å². The van der Waals surface area contributed by atoms with Crippen LogP contribution in [0.25, 0.3) is 0 Å². The molecule has 0 aromatic carbocycles. The van der Waals surface area contributed by atoms with Crippen LogP contribution in [0.4, 0.5) is 0 Å².